The maximum Gasteiger partial charge on any atom is 0.146 e. The van der Waals surface area contributed by atoms with Crippen molar-refractivity contribution in [2.24, 2.45) is 5.73 Å². The highest BCUT2D eigenvalue weighted by atomic mass is 35.5. The molecule has 2 aromatic carbocycles. The quantitative estimate of drug-likeness (QED) is 0.887. The average molecular weight is 307 g/mol. The first kappa shape index (κ1) is 15.8. The topological polar surface area (TPSA) is 29.3 Å². The molecule has 0 saturated heterocycles. The van der Waals surface area contributed by atoms with Crippen molar-refractivity contribution in [1.82, 2.24) is 0 Å². The summed E-state index contributed by atoms with van der Waals surface area (Å²) in [6.45, 7) is 3.85. The molecule has 2 aromatic rings. The Kier molecular flexibility index (Phi) is 4.86. The molecule has 0 radical (unpaired) electrons. The lowest BCUT2D eigenvalue weighted by atomic mass is 10.0. The van der Waals surface area contributed by atoms with Crippen molar-refractivity contribution in [2.75, 3.05) is 11.9 Å². The monoisotopic (exact) mass is 306 g/mol. The number of rotatable bonds is 4. The standard InChI is InChI=1S/C17H20ClFN2/c1-11(20)13-8-6-10-16(19)17(13)21(3)12(2)14-7-4-5-9-15(14)18/h4-12H,20H2,1-3H3. The van der Waals surface area contributed by atoms with E-state index in [-0.39, 0.29) is 17.9 Å². The predicted octanol–water partition coefficient (Wildman–Crippen LogP) is 4.70. The number of benzene rings is 2. The lowest BCUT2D eigenvalue weighted by Crippen LogP contribution is -2.25. The summed E-state index contributed by atoms with van der Waals surface area (Å²) < 4.78 is 14.3. The second-order valence-corrected chi connectivity index (χ2v) is 5.68. The molecule has 0 spiro atoms. The van der Waals surface area contributed by atoms with Gasteiger partial charge in [-0.2, -0.15) is 0 Å². The number of para-hydroxylation sites is 1. The van der Waals surface area contributed by atoms with E-state index in [0.29, 0.717) is 10.7 Å². The Labute approximate surface area is 130 Å². The summed E-state index contributed by atoms with van der Waals surface area (Å²) >= 11 is 6.25. The van der Waals surface area contributed by atoms with Crippen molar-refractivity contribution >= 4 is 17.3 Å². The first-order valence-corrected chi connectivity index (χ1v) is 7.32. The highest BCUT2D eigenvalue weighted by Crippen LogP contribution is 2.35. The first-order valence-electron chi connectivity index (χ1n) is 6.94. The molecule has 2 atom stereocenters. The van der Waals surface area contributed by atoms with Crippen LogP contribution in [0.15, 0.2) is 42.5 Å². The minimum atomic E-state index is -0.272. The second kappa shape index (κ2) is 6.46. The van der Waals surface area contributed by atoms with Crippen LogP contribution in [-0.2, 0) is 0 Å². The molecule has 112 valence electrons. The van der Waals surface area contributed by atoms with Crippen molar-refractivity contribution in [3.05, 3.63) is 64.4 Å². The van der Waals surface area contributed by atoms with Gasteiger partial charge in [0, 0.05) is 18.1 Å². The van der Waals surface area contributed by atoms with Gasteiger partial charge in [0.15, 0.2) is 0 Å². The van der Waals surface area contributed by atoms with E-state index in [1.807, 2.05) is 56.1 Å². The maximum atomic E-state index is 14.3. The van der Waals surface area contributed by atoms with Gasteiger partial charge < -0.3 is 10.6 Å². The normalized spacial score (nSPS) is 13.8. The summed E-state index contributed by atoms with van der Waals surface area (Å²) in [7, 11) is 1.86. The lowest BCUT2D eigenvalue weighted by molar-refractivity contribution is 0.604. The number of anilines is 1. The molecule has 2 N–H and O–H groups in total. The Morgan fingerprint density at radius 3 is 2.29 bits per heavy atom. The minimum Gasteiger partial charge on any atom is -0.365 e. The molecule has 0 saturated carbocycles. The molecule has 21 heavy (non-hydrogen) atoms. The van der Waals surface area contributed by atoms with Crippen molar-refractivity contribution in [3.63, 3.8) is 0 Å². The van der Waals surface area contributed by atoms with Crippen LogP contribution in [0.2, 0.25) is 5.02 Å². The molecule has 0 aliphatic carbocycles. The van der Waals surface area contributed by atoms with Crippen LogP contribution in [0.1, 0.15) is 37.1 Å². The maximum absolute atomic E-state index is 14.3. The zero-order valence-electron chi connectivity index (χ0n) is 12.5. The summed E-state index contributed by atoms with van der Waals surface area (Å²) in [5.41, 5.74) is 8.25. The van der Waals surface area contributed by atoms with E-state index in [0.717, 1.165) is 11.1 Å². The van der Waals surface area contributed by atoms with Gasteiger partial charge in [0.2, 0.25) is 0 Å². The van der Waals surface area contributed by atoms with Crippen LogP contribution in [-0.4, -0.2) is 7.05 Å². The van der Waals surface area contributed by atoms with E-state index in [1.54, 1.807) is 6.07 Å². The summed E-state index contributed by atoms with van der Waals surface area (Å²) in [4.78, 5) is 1.88. The zero-order chi connectivity index (χ0) is 15.6. The Balaban J connectivity index is 2.45. The third kappa shape index (κ3) is 3.20. The number of hydrogen-bond donors (Lipinski definition) is 1. The molecule has 2 rings (SSSR count). The van der Waals surface area contributed by atoms with Gasteiger partial charge in [-0.25, -0.2) is 4.39 Å². The number of hydrogen-bond acceptors (Lipinski definition) is 2. The molecule has 0 bridgehead atoms. The van der Waals surface area contributed by atoms with Crippen LogP contribution in [0.4, 0.5) is 10.1 Å². The van der Waals surface area contributed by atoms with Crippen LogP contribution in [0.3, 0.4) is 0 Å². The van der Waals surface area contributed by atoms with E-state index in [2.05, 4.69) is 0 Å². The summed E-state index contributed by atoms with van der Waals surface area (Å²) in [6, 6.07) is 12.3. The van der Waals surface area contributed by atoms with E-state index >= 15 is 0 Å². The van der Waals surface area contributed by atoms with Gasteiger partial charge in [0.1, 0.15) is 5.82 Å². The summed E-state index contributed by atoms with van der Waals surface area (Å²) in [6.07, 6.45) is 0. The van der Waals surface area contributed by atoms with Crippen LogP contribution in [0.25, 0.3) is 0 Å². The number of halogens is 2. The van der Waals surface area contributed by atoms with Gasteiger partial charge in [-0.15, -0.1) is 0 Å². The summed E-state index contributed by atoms with van der Waals surface area (Å²) in [5.74, 6) is -0.272. The molecule has 2 unspecified atom stereocenters. The van der Waals surface area contributed by atoms with Crippen LogP contribution in [0.5, 0.6) is 0 Å². The molecule has 0 aliphatic rings. The van der Waals surface area contributed by atoms with Gasteiger partial charge >= 0.3 is 0 Å². The van der Waals surface area contributed by atoms with E-state index in [1.165, 1.54) is 6.07 Å². The van der Waals surface area contributed by atoms with Gasteiger partial charge in [0.05, 0.1) is 11.7 Å². The fourth-order valence-corrected chi connectivity index (χ4v) is 2.78. The number of nitrogens with two attached hydrogens (primary N) is 1. The van der Waals surface area contributed by atoms with Crippen LogP contribution >= 0.6 is 11.6 Å². The van der Waals surface area contributed by atoms with E-state index < -0.39 is 0 Å². The van der Waals surface area contributed by atoms with Gasteiger partial charge in [-0.1, -0.05) is 41.9 Å². The third-order valence-electron chi connectivity index (χ3n) is 3.80. The summed E-state index contributed by atoms with van der Waals surface area (Å²) in [5, 5.41) is 0.676. The van der Waals surface area contributed by atoms with Crippen LogP contribution < -0.4 is 10.6 Å². The van der Waals surface area contributed by atoms with E-state index in [9.17, 15) is 4.39 Å². The molecule has 0 aliphatic heterocycles. The number of nitrogens with zero attached hydrogens (tertiary/aromatic N) is 1. The highest BCUT2D eigenvalue weighted by Gasteiger charge is 2.21. The lowest BCUT2D eigenvalue weighted by Gasteiger charge is -2.31. The van der Waals surface area contributed by atoms with Crippen molar-refractivity contribution in [1.29, 1.82) is 0 Å². The smallest absolute Gasteiger partial charge is 0.146 e. The molecule has 0 fully saturated rings. The van der Waals surface area contributed by atoms with Crippen molar-refractivity contribution in [3.8, 4) is 0 Å². The molecule has 0 heterocycles. The van der Waals surface area contributed by atoms with Gasteiger partial charge in [-0.3, -0.25) is 0 Å². The molecular formula is C17H20ClFN2. The van der Waals surface area contributed by atoms with Gasteiger partial charge in [-0.05, 0) is 37.1 Å². The Morgan fingerprint density at radius 1 is 1.05 bits per heavy atom. The van der Waals surface area contributed by atoms with Crippen molar-refractivity contribution in [2.45, 2.75) is 25.9 Å². The molecule has 4 heteroatoms. The van der Waals surface area contributed by atoms with Crippen LogP contribution in [0, 0.1) is 5.82 Å². The molecule has 2 nitrogen and oxygen atoms in total. The second-order valence-electron chi connectivity index (χ2n) is 5.27. The fraction of sp³-hybridized carbons (Fsp3) is 0.294. The Bertz CT molecular complexity index is 628. The zero-order valence-corrected chi connectivity index (χ0v) is 13.2. The van der Waals surface area contributed by atoms with Gasteiger partial charge in [0.25, 0.3) is 0 Å². The Morgan fingerprint density at radius 2 is 1.67 bits per heavy atom. The van der Waals surface area contributed by atoms with Crippen molar-refractivity contribution < 1.29 is 4.39 Å². The molecule has 0 amide bonds. The van der Waals surface area contributed by atoms with E-state index in [4.69, 9.17) is 17.3 Å². The molecule has 0 aromatic heterocycles. The highest BCUT2D eigenvalue weighted by molar-refractivity contribution is 6.31. The predicted molar refractivity (Wildman–Crippen MR) is 87.3 cm³/mol. The fourth-order valence-electron chi connectivity index (χ4n) is 2.49. The minimum absolute atomic E-state index is 0.0619. The first-order chi connectivity index (χ1) is 9.93. The average Bonchev–Trinajstić information content (AvgIpc) is 2.46. The largest absolute Gasteiger partial charge is 0.365 e. The third-order valence-corrected chi connectivity index (χ3v) is 4.14. The molecular weight excluding hydrogens is 287 g/mol. The SMILES string of the molecule is CC(N)c1cccc(F)c1N(C)C(C)c1ccccc1Cl. The Hall–Kier alpha value is -1.58.